The monoisotopic (exact) mass is 254 g/mol. The lowest BCUT2D eigenvalue weighted by molar-refractivity contribution is 0.116. The average molecular weight is 254 g/mol. The molecule has 1 saturated heterocycles. The Labute approximate surface area is 112 Å². The van der Waals surface area contributed by atoms with Gasteiger partial charge in [0.25, 0.3) is 0 Å². The maximum absolute atomic E-state index is 10.1. The molecule has 0 aromatic rings. The van der Waals surface area contributed by atoms with Gasteiger partial charge in [0, 0.05) is 19.1 Å². The summed E-state index contributed by atoms with van der Waals surface area (Å²) in [6, 6.07) is 0.650. The van der Waals surface area contributed by atoms with Crippen molar-refractivity contribution in [1.29, 1.82) is 0 Å². The lowest BCUT2D eigenvalue weighted by atomic mass is 9.84. The highest BCUT2D eigenvalue weighted by molar-refractivity contribution is 4.79. The van der Waals surface area contributed by atoms with Gasteiger partial charge < -0.3 is 15.3 Å². The van der Waals surface area contributed by atoms with Gasteiger partial charge in [0.1, 0.15) is 0 Å². The minimum Gasteiger partial charge on any atom is -0.390 e. The first-order valence-electron chi connectivity index (χ1n) is 7.91. The van der Waals surface area contributed by atoms with Gasteiger partial charge in [-0.1, -0.05) is 26.2 Å². The van der Waals surface area contributed by atoms with Crippen LogP contribution in [0.3, 0.4) is 0 Å². The average Bonchev–Trinajstić information content (AvgIpc) is 2.89. The molecule has 3 heteroatoms. The Morgan fingerprint density at radius 3 is 2.72 bits per heavy atom. The van der Waals surface area contributed by atoms with Crippen molar-refractivity contribution in [2.45, 2.75) is 64.0 Å². The predicted molar refractivity (Wildman–Crippen MR) is 75.7 cm³/mol. The van der Waals surface area contributed by atoms with E-state index >= 15 is 0 Å². The molecule has 0 amide bonds. The molecule has 0 spiro atoms. The standard InChI is InChI=1S/C15H30N2O/c1-2-13-6-5-7-14(10-13)16-11-15(18)12-17-8-3-4-9-17/h13-16,18H,2-12H2,1H3. The maximum Gasteiger partial charge on any atom is 0.0791 e. The van der Waals surface area contributed by atoms with E-state index in [1.54, 1.807) is 0 Å². The summed E-state index contributed by atoms with van der Waals surface area (Å²) in [4.78, 5) is 2.39. The van der Waals surface area contributed by atoms with Crippen LogP contribution in [-0.4, -0.2) is 48.3 Å². The zero-order chi connectivity index (χ0) is 12.8. The molecular formula is C15H30N2O. The van der Waals surface area contributed by atoms with E-state index < -0.39 is 0 Å². The van der Waals surface area contributed by atoms with Crippen molar-refractivity contribution in [3.63, 3.8) is 0 Å². The fraction of sp³-hybridized carbons (Fsp3) is 1.00. The predicted octanol–water partition coefficient (Wildman–Crippen LogP) is 2.00. The summed E-state index contributed by atoms with van der Waals surface area (Å²) in [5.41, 5.74) is 0. The van der Waals surface area contributed by atoms with Crippen LogP contribution in [0.1, 0.15) is 51.9 Å². The number of nitrogens with one attached hydrogen (secondary N) is 1. The molecule has 1 aliphatic carbocycles. The van der Waals surface area contributed by atoms with Crippen LogP contribution in [0, 0.1) is 5.92 Å². The molecule has 1 heterocycles. The summed E-state index contributed by atoms with van der Waals surface area (Å²) in [5, 5.41) is 13.6. The Balaban J connectivity index is 1.61. The minimum atomic E-state index is -0.190. The first kappa shape index (κ1) is 14.3. The second kappa shape index (κ2) is 7.46. The van der Waals surface area contributed by atoms with Gasteiger partial charge in [-0.15, -0.1) is 0 Å². The number of rotatable bonds is 6. The Morgan fingerprint density at radius 1 is 1.22 bits per heavy atom. The van der Waals surface area contributed by atoms with Crippen molar-refractivity contribution in [2.24, 2.45) is 5.92 Å². The van der Waals surface area contributed by atoms with Gasteiger partial charge in [0.05, 0.1) is 6.10 Å². The number of aliphatic hydroxyl groups excluding tert-OH is 1. The van der Waals surface area contributed by atoms with Gasteiger partial charge in [-0.2, -0.15) is 0 Å². The van der Waals surface area contributed by atoms with Crippen molar-refractivity contribution in [3.8, 4) is 0 Å². The van der Waals surface area contributed by atoms with E-state index in [1.165, 1.54) is 58.0 Å². The molecule has 3 atom stereocenters. The zero-order valence-corrected chi connectivity index (χ0v) is 11.9. The van der Waals surface area contributed by atoms with Crippen molar-refractivity contribution in [1.82, 2.24) is 10.2 Å². The van der Waals surface area contributed by atoms with E-state index in [0.717, 1.165) is 19.0 Å². The summed E-state index contributed by atoms with van der Waals surface area (Å²) < 4.78 is 0. The second-order valence-electron chi connectivity index (χ2n) is 6.21. The summed E-state index contributed by atoms with van der Waals surface area (Å²) in [6.07, 6.45) is 9.12. The summed E-state index contributed by atoms with van der Waals surface area (Å²) >= 11 is 0. The molecule has 1 saturated carbocycles. The first-order valence-corrected chi connectivity index (χ1v) is 7.91. The first-order chi connectivity index (χ1) is 8.78. The molecule has 2 rings (SSSR count). The molecule has 3 unspecified atom stereocenters. The third-order valence-electron chi connectivity index (χ3n) is 4.67. The fourth-order valence-corrected chi connectivity index (χ4v) is 3.48. The van der Waals surface area contributed by atoms with Crippen molar-refractivity contribution < 1.29 is 5.11 Å². The van der Waals surface area contributed by atoms with Crippen LogP contribution in [0.15, 0.2) is 0 Å². The largest absolute Gasteiger partial charge is 0.390 e. The molecule has 0 aromatic heterocycles. The molecule has 1 aliphatic heterocycles. The third-order valence-corrected chi connectivity index (χ3v) is 4.67. The van der Waals surface area contributed by atoms with E-state index in [1.807, 2.05) is 0 Å². The van der Waals surface area contributed by atoms with E-state index in [0.29, 0.717) is 6.04 Å². The Morgan fingerprint density at radius 2 is 2.00 bits per heavy atom. The Hall–Kier alpha value is -0.120. The van der Waals surface area contributed by atoms with Crippen LogP contribution in [-0.2, 0) is 0 Å². The summed E-state index contributed by atoms with van der Waals surface area (Å²) in [5.74, 6) is 0.909. The van der Waals surface area contributed by atoms with E-state index in [4.69, 9.17) is 0 Å². The van der Waals surface area contributed by atoms with Crippen LogP contribution >= 0.6 is 0 Å². The van der Waals surface area contributed by atoms with Gasteiger partial charge in [-0.25, -0.2) is 0 Å². The van der Waals surface area contributed by atoms with E-state index in [2.05, 4.69) is 17.1 Å². The van der Waals surface area contributed by atoms with Crippen LogP contribution in [0.4, 0.5) is 0 Å². The molecule has 0 radical (unpaired) electrons. The Kier molecular flexibility index (Phi) is 5.93. The third kappa shape index (κ3) is 4.52. The quantitative estimate of drug-likeness (QED) is 0.761. The minimum absolute atomic E-state index is 0.190. The SMILES string of the molecule is CCC1CCCC(NCC(O)CN2CCCC2)C1. The molecule has 3 nitrogen and oxygen atoms in total. The van der Waals surface area contributed by atoms with Crippen molar-refractivity contribution >= 4 is 0 Å². The zero-order valence-electron chi connectivity index (χ0n) is 11.9. The molecule has 106 valence electrons. The smallest absolute Gasteiger partial charge is 0.0791 e. The molecule has 2 aliphatic rings. The molecule has 0 bridgehead atoms. The van der Waals surface area contributed by atoms with E-state index in [-0.39, 0.29) is 6.10 Å². The normalized spacial score (nSPS) is 31.7. The van der Waals surface area contributed by atoms with Gasteiger partial charge in [-0.3, -0.25) is 0 Å². The topological polar surface area (TPSA) is 35.5 Å². The molecular weight excluding hydrogens is 224 g/mol. The number of β-amino-alcohol motifs (C(OH)–C–C–N with tert-alkyl or cyclic N) is 1. The molecule has 2 N–H and O–H groups in total. The highest BCUT2D eigenvalue weighted by Gasteiger charge is 2.21. The number of hydrogen-bond acceptors (Lipinski definition) is 3. The Bertz CT molecular complexity index is 229. The van der Waals surface area contributed by atoms with Crippen LogP contribution < -0.4 is 5.32 Å². The molecule has 0 aromatic carbocycles. The van der Waals surface area contributed by atoms with Crippen molar-refractivity contribution in [2.75, 3.05) is 26.2 Å². The lowest BCUT2D eigenvalue weighted by Gasteiger charge is -2.30. The van der Waals surface area contributed by atoms with Crippen LogP contribution in [0.5, 0.6) is 0 Å². The lowest BCUT2D eigenvalue weighted by Crippen LogP contribution is -2.42. The van der Waals surface area contributed by atoms with Crippen molar-refractivity contribution in [3.05, 3.63) is 0 Å². The molecule has 18 heavy (non-hydrogen) atoms. The summed E-state index contributed by atoms with van der Waals surface area (Å²) in [6.45, 7) is 6.29. The van der Waals surface area contributed by atoms with Gasteiger partial charge in [0.15, 0.2) is 0 Å². The van der Waals surface area contributed by atoms with Crippen LogP contribution in [0.25, 0.3) is 0 Å². The van der Waals surface area contributed by atoms with Gasteiger partial charge >= 0.3 is 0 Å². The number of nitrogens with zero attached hydrogens (tertiary/aromatic N) is 1. The maximum atomic E-state index is 10.1. The van der Waals surface area contributed by atoms with Gasteiger partial charge in [0.2, 0.25) is 0 Å². The second-order valence-corrected chi connectivity index (χ2v) is 6.21. The molecule has 2 fully saturated rings. The number of hydrogen-bond donors (Lipinski definition) is 2. The van der Waals surface area contributed by atoms with Gasteiger partial charge in [-0.05, 0) is 44.7 Å². The fourth-order valence-electron chi connectivity index (χ4n) is 3.48. The number of likely N-dealkylation sites (tertiary alicyclic amines) is 1. The highest BCUT2D eigenvalue weighted by atomic mass is 16.3. The van der Waals surface area contributed by atoms with Crippen LogP contribution in [0.2, 0.25) is 0 Å². The highest BCUT2D eigenvalue weighted by Crippen LogP contribution is 2.26. The van der Waals surface area contributed by atoms with E-state index in [9.17, 15) is 5.11 Å². The summed E-state index contributed by atoms with van der Waals surface area (Å²) in [7, 11) is 0. The number of aliphatic hydroxyl groups is 1.